The van der Waals surface area contributed by atoms with Crippen molar-refractivity contribution in [2.75, 3.05) is 11.5 Å². The first-order valence-electron chi connectivity index (χ1n) is 3.65. The quantitative estimate of drug-likeness (QED) is 0.563. The van der Waals surface area contributed by atoms with E-state index in [1.54, 1.807) is 0 Å². The van der Waals surface area contributed by atoms with Crippen LogP contribution in [0.3, 0.4) is 0 Å². The Labute approximate surface area is 71.1 Å². The fraction of sp³-hybridized carbons (Fsp3) is 0.250. The third-order valence-corrected chi connectivity index (χ3v) is 1.62. The number of hydrogen-bond donors (Lipinski definition) is 3. The van der Waals surface area contributed by atoms with E-state index in [4.69, 9.17) is 16.9 Å². The van der Waals surface area contributed by atoms with E-state index >= 15 is 0 Å². The van der Waals surface area contributed by atoms with Crippen molar-refractivity contribution in [3.63, 3.8) is 0 Å². The topological polar surface area (TPSA) is 88.8 Å². The average molecular weight is 164 g/mol. The van der Waals surface area contributed by atoms with E-state index < -0.39 is 0 Å². The largest absolute Gasteiger partial charge is 0.396 e. The summed E-state index contributed by atoms with van der Waals surface area (Å²) >= 11 is 0. The third-order valence-electron chi connectivity index (χ3n) is 1.62. The van der Waals surface area contributed by atoms with Crippen molar-refractivity contribution in [2.24, 2.45) is 0 Å². The van der Waals surface area contributed by atoms with Crippen LogP contribution in [0.25, 0.3) is 0 Å². The molecule has 0 spiro atoms. The van der Waals surface area contributed by atoms with Crippen molar-refractivity contribution in [3.05, 3.63) is 17.3 Å². The molecule has 5 N–H and O–H groups in total. The van der Waals surface area contributed by atoms with Gasteiger partial charge in [-0.05, 0) is 24.8 Å². The van der Waals surface area contributed by atoms with E-state index in [9.17, 15) is 0 Å². The van der Waals surface area contributed by atoms with Gasteiger partial charge in [-0.2, -0.15) is 0 Å². The minimum Gasteiger partial charge on any atom is -0.396 e. The molecule has 0 saturated carbocycles. The molecular formula is C8H12N4. The van der Waals surface area contributed by atoms with Crippen LogP contribution in [0.2, 0.25) is 0 Å². The van der Waals surface area contributed by atoms with Crippen molar-refractivity contribution in [1.82, 2.24) is 4.98 Å². The molecule has 1 aromatic rings. The SMILES string of the molecule is Cc1cc(CC=N)c(N)c(N)n1. The number of aryl methyl sites for hydroxylation is 1. The van der Waals surface area contributed by atoms with Crippen LogP contribution in [-0.4, -0.2) is 11.2 Å². The smallest absolute Gasteiger partial charge is 0.147 e. The second-order valence-corrected chi connectivity index (χ2v) is 2.63. The van der Waals surface area contributed by atoms with Crippen molar-refractivity contribution < 1.29 is 0 Å². The standard InChI is InChI=1S/C8H12N4/c1-5-4-6(2-3-9)7(10)8(11)12-5/h3-4,9H,2,10H2,1H3,(H2,11,12). The van der Waals surface area contributed by atoms with Crippen LogP contribution in [0.1, 0.15) is 11.3 Å². The fourth-order valence-electron chi connectivity index (χ4n) is 1.06. The van der Waals surface area contributed by atoms with Gasteiger partial charge in [0, 0.05) is 12.1 Å². The zero-order valence-corrected chi connectivity index (χ0v) is 6.96. The van der Waals surface area contributed by atoms with Gasteiger partial charge in [-0.1, -0.05) is 0 Å². The lowest BCUT2D eigenvalue weighted by Gasteiger charge is -2.05. The Morgan fingerprint density at radius 3 is 2.83 bits per heavy atom. The normalized spacial score (nSPS) is 9.75. The molecule has 0 unspecified atom stereocenters. The molecule has 1 aromatic heterocycles. The molecule has 0 saturated heterocycles. The van der Waals surface area contributed by atoms with Crippen LogP contribution in [0.4, 0.5) is 11.5 Å². The zero-order valence-electron chi connectivity index (χ0n) is 6.96. The first-order valence-corrected chi connectivity index (χ1v) is 3.65. The first kappa shape index (κ1) is 8.52. The maximum absolute atomic E-state index is 6.94. The predicted molar refractivity (Wildman–Crippen MR) is 50.3 cm³/mol. The van der Waals surface area contributed by atoms with Crippen molar-refractivity contribution in [1.29, 1.82) is 5.41 Å². The summed E-state index contributed by atoms with van der Waals surface area (Å²) in [6.07, 6.45) is 1.81. The lowest BCUT2D eigenvalue weighted by atomic mass is 10.1. The van der Waals surface area contributed by atoms with E-state index in [0.717, 1.165) is 11.3 Å². The molecular weight excluding hydrogens is 152 g/mol. The molecule has 0 amide bonds. The predicted octanol–water partition coefficient (Wildman–Crippen LogP) is 0.746. The van der Waals surface area contributed by atoms with Crippen LogP contribution in [0.15, 0.2) is 6.07 Å². The van der Waals surface area contributed by atoms with Gasteiger partial charge < -0.3 is 16.9 Å². The fourth-order valence-corrected chi connectivity index (χ4v) is 1.06. The molecule has 1 heterocycles. The molecule has 0 bridgehead atoms. The molecule has 64 valence electrons. The summed E-state index contributed by atoms with van der Waals surface area (Å²) in [6, 6.07) is 1.84. The molecule has 4 heteroatoms. The molecule has 1 rings (SSSR count). The van der Waals surface area contributed by atoms with Gasteiger partial charge in [0.25, 0.3) is 0 Å². The summed E-state index contributed by atoms with van der Waals surface area (Å²) in [5.74, 6) is 0.354. The number of hydrogen-bond acceptors (Lipinski definition) is 4. The van der Waals surface area contributed by atoms with Gasteiger partial charge in [0.15, 0.2) is 0 Å². The van der Waals surface area contributed by atoms with Crippen LogP contribution in [-0.2, 0) is 6.42 Å². The Morgan fingerprint density at radius 2 is 2.25 bits per heavy atom. The third kappa shape index (κ3) is 1.53. The van der Waals surface area contributed by atoms with Crippen molar-refractivity contribution >= 4 is 17.7 Å². The highest BCUT2D eigenvalue weighted by Crippen LogP contribution is 2.18. The van der Waals surface area contributed by atoms with Gasteiger partial charge in [-0.15, -0.1) is 0 Å². The Balaban J connectivity index is 3.17. The maximum Gasteiger partial charge on any atom is 0.147 e. The Bertz CT molecular complexity index is 306. The van der Waals surface area contributed by atoms with Crippen LogP contribution < -0.4 is 11.5 Å². The van der Waals surface area contributed by atoms with Crippen LogP contribution >= 0.6 is 0 Å². The van der Waals surface area contributed by atoms with Crippen LogP contribution in [0, 0.1) is 12.3 Å². The van der Waals surface area contributed by atoms with Gasteiger partial charge in [0.05, 0.1) is 5.69 Å². The maximum atomic E-state index is 6.94. The van der Waals surface area contributed by atoms with E-state index in [0.29, 0.717) is 17.9 Å². The average Bonchev–Trinajstić information content (AvgIpc) is 2.00. The number of pyridine rings is 1. The highest BCUT2D eigenvalue weighted by molar-refractivity contribution is 5.69. The number of nitrogens with two attached hydrogens (primary N) is 2. The molecule has 12 heavy (non-hydrogen) atoms. The highest BCUT2D eigenvalue weighted by Gasteiger charge is 2.03. The van der Waals surface area contributed by atoms with Gasteiger partial charge >= 0.3 is 0 Å². The lowest BCUT2D eigenvalue weighted by Crippen LogP contribution is -2.04. The summed E-state index contributed by atoms with van der Waals surface area (Å²) < 4.78 is 0. The molecule has 0 fully saturated rings. The van der Waals surface area contributed by atoms with Crippen molar-refractivity contribution in [2.45, 2.75) is 13.3 Å². The Hall–Kier alpha value is -1.58. The van der Waals surface area contributed by atoms with Gasteiger partial charge in [-0.25, -0.2) is 4.98 Å². The molecule has 0 radical (unpaired) electrons. The van der Waals surface area contributed by atoms with Gasteiger partial charge in [-0.3, -0.25) is 0 Å². The molecule has 4 nitrogen and oxygen atoms in total. The summed E-state index contributed by atoms with van der Waals surface area (Å²) in [4.78, 5) is 3.99. The van der Waals surface area contributed by atoms with E-state index in [-0.39, 0.29) is 0 Å². The second kappa shape index (κ2) is 3.21. The molecule has 0 atom stereocenters. The number of rotatable bonds is 2. The Kier molecular flexibility index (Phi) is 2.28. The van der Waals surface area contributed by atoms with Crippen molar-refractivity contribution in [3.8, 4) is 0 Å². The van der Waals surface area contributed by atoms with E-state index in [1.165, 1.54) is 6.21 Å². The molecule has 0 aromatic carbocycles. The molecule has 0 aliphatic rings. The summed E-state index contributed by atoms with van der Waals surface area (Å²) in [7, 11) is 0. The van der Waals surface area contributed by atoms with Gasteiger partial charge in [0.1, 0.15) is 5.82 Å². The Morgan fingerprint density at radius 1 is 1.58 bits per heavy atom. The van der Waals surface area contributed by atoms with E-state index in [2.05, 4.69) is 4.98 Å². The minimum absolute atomic E-state index is 0.354. The zero-order chi connectivity index (χ0) is 9.14. The number of nitrogen functional groups attached to an aromatic ring is 2. The minimum atomic E-state index is 0.354. The monoisotopic (exact) mass is 164 g/mol. The van der Waals surface area contributed by atoms with Crippen LogP contribution in [0.5, 0.6) is 0 Å². The summed E-state index contributed by atoms with van der Waals surface area (Å²) in [6.45, 7) is 1.85. The molecule has 0 aliphatic heterocycles. The summed E-state index contributed by atoms with van der Waals surface area (Å²) in [5.41, 5.74) is 13.4. The number of anilines is 2. The highest BCUT2D eigenvalue weighted by atomic mass is 14.9. The summed E-state index contributed by atoms with van der Waals surface area (Å²) in [5, 5.41) is 6.94. The first-order chi connectivity index (χ1) is 5.65. The number of nitrogens with zero attached hydrogens (tertiary/aromatic N) is 1. The lowest BCUT2D eigenvalue weighted by molar-refractivity contribution is 1.17. The second-order valence-electron chi connectivity index (χ2n) is 2.63. The number of nitrogens with one attached hydrogen (secondary N) is 1. The van der Waals surface area contributed by atoms with E-state index in [1.807, 2.05) is 13.0 Å². The molecule has 0 aliphatic carbocycles. The van der Waals surface area contributed by atoms with Gasteiger partial charge in [0.2, 0.25) is 0 Å². The number of aromatic nitrogens is 1.